The van der Waals surface area contributed by atoms with E-state index in [-0.39, 0.29) is 0 Å². The highest BCUT2D eigenvalue weighted by Crippen LogP contribution is 2.01. The molecule has 24 heavy (non-hydrogen) atoms. The highest BCUT2D eigenvalue weighted by Gasteiger charge is 2.22. The molecule has 0 bridgehead atoms. The van der Waals surface area contributed by atoms with Crippen molar-refractivity contribution in [1.82, 2.24) is 10.6 Å². The lowest BCUT2D eigenvalue weighted by Crippen LogP contribution is -2.49. The van der Waals surface area contributed by atoms with Crippen molar-refractivity contribution >= 4 is 23.7 Å². The molecule has 0 radical (unpaired) electrons. The fraction of sp³-hybridized carbons (Fsp3) is 0.333. The van der Waals surface area contributed by atoms with Crippen LogP contribution in [0.4, 0.5) is 0 Å². The smallest absolute Gasteiger partial charge is 0.326 e. The predicted octanol–water partition coefficient (Wildman–Crippen LogP) is -1.88. The molecule has 0 aliphatic rings. The topological polar surface area (TPSA) is 165 Å². The van der Waals surface area contributed by atoms with Gasteiger partial charge in [-0.3, -0.25) is 14.4 Å². The molecule has 0 heterocycles. The second-order valence-corrected chi connectivity index (χ2v) is 5.14. The normalized spacial score (nSPS) is 12.7. The van der Waals surface area contributed by atoms with Gasteiger partial charge < -0.3 is 27.2 Å². The Labute approximate surface area is 138 Å². The summed E-state index contributed by atoms with van der Waals surface area (Å²) in [5.74, 6) is -3.56. The summed E-state index contributed by atoms with van der Waals surface area (Å²) >= 11 is 0. The molecule has 0 saturated heterocycles. The van der Waals surface area contributed by atoms with Gasteiger partial charge in [-0.25, -0.2) is 4.79 Å². The Morgan fingerprint density at radius 2 is 1.75 bits per heavy atom. The number of hydrogen-bond acceptors (Lipinski definition) is 5. The lowest BCUT2D eigenvalue weighted by molar-refractivity contribution is -0.143. The Morgan fingerprint density at radius 3 is 2.29 bits per heavy atom. The molecular weight excluding hydrogens is 316 g/mol. The van der Waals surface area contributed by atoms with E-state index in [9.17, 15) is 19.2 Å². The van der Waals surface area contributed by atoms with Crippen molar-refractivity contribution in [3.05, 3.63) is 35.9 Å². The maximum atomic E-state index is 11.8. The van der Waals surface area contributed by atoms with Gasteiger partial charge in [0, 0.05) is 0 Å². The minimum atomic E-state index is -1.44. The summed E-state index contributed by atoms with van der Waals surface area (Å²) in [6, 6.07) is 6.83. The molecule has 2 unspecified atom stereocenters. The first-order valence-electron chi connectivity index (χ1n) is 7.17. The van der Waals surface area contributed by atoms with Crippen molar-refractivity contribution < 1.29 is 24.3 Å². The van der Waals surface area contributed by atoms with Crippen molar-refractivity contribution in [2.75, 3.05) is 6.54 Å². The number of benzene rings is 1. The van der Waals surface area contributed by atoms with Crippen LogP contribution in [0.2, 0.25) is 0 Å². The maximum Gasteiger partial charge on any atom is 0.326 e. The van der Waals surface area contributed by atoms with E-state index in [0.29, 0.717) is 6.42 Å². The van der Waals surface area contributed by atoms with Crippen LogP contribution in [0.15, 0.2) is 30.3 Å². The fourth-order valence-corrected chi connectivity index (χ4v) is 1.91. The van der Waals surface area contributed by atoms with Crippen LogP contribution < -0.4 is 22.1 Å². The van der Waals surface area contributed by atoms with Crippen molar-refractivity contribution in [3.63, 3.8) is 0 Å². The van der Waals surface area contributed by atoms with Crippen LogP contribution >= 0.6 is 0 Å². The second-order valence-electron chi connectivity index (χ2n) is 5.14. The van der Waals surface area contributed by atoms with Gasteiger partial charge in [0.05, 0.1) is 19.0 Å². The minimum absolute atomic E-state index is 0.299. The Hall–Kier alpha value is -2.94. The molecule has 0 spiro atoms. The van der Waals surface area contributed by atoms with E-state index in [0.717, 1.165) is 5.56 Å². The number of carbonyl (C=O) groups excluding carboxylic acids is 3. The molecule has 0 saturated carbocycles. The summed E-state index contributed by atoms with van der Waals surface area (Å²) < 4.78 is 0. The van der Waals surface area contributed by atoms with E-state index in [1.54, 1.807) is 0 Å². The monoisotopic (exact) mass is 336 g/mol. The number of amides is 3. The van der Waals surface area contributed by atoms with Crippen LogP contribution in [0.5, 0.6) is 0 Å². The molecule has 0 aromatic heterocycles. The summed E-state index contributed by atoms with van der Waals surface area (Å²) in [4.78, 5) is 45.1. The maximum absolute atomic E-state index is 11.8. The first-order chi connectivity index (χ1) is 11.3. The Morgan fingerprint density at radius 1 is 1.12 bits per heavy atom. The summed E-state index contributed by atoms with van der Waals surface area (Å²) in [6.45, 7) is -0.454. The molecule has 3 amide bonds. The third-order valence-corrected chi connectivity index (χ3v) is 3.10. The average Bonchev–Trinajstić information content (AvgIpc) is 2.52. The zero-order valence-corrected chi connectivity index (χ0v) is 12.9. The molecular formula is C15H20N4O5. The molecule has 1 aromatic carbocycles. The number of hydrogen-bond donors (Lipinski definition) is 5. The second kappa shape index (κ2) is 9.26. The number of primary amides is 1. The first kappa shape index (κ1) is 19.1. The number of carboxylic acids is 1. The molecule has 9 nitrogen and oxygen atoms in total. The van der Waals surface area contributed by atoms with Gasteiger partial charge in [0.25, 0.3) is 0 Å². The lowest BCUT2D eigenvalue weighted by Gasteiger charge is -2.15. The number of carboxylic acid groups (broad SMARTS) is 1. The van der Waals surface area contributed by atoms with Crippen LogP contribution in [0.1, 0.15) is 12.0 Å². The zero-order valence-electron chi connectivity index (χ0n) is 12.9. The van der Waals surface area contributed by atoms with E-state index in [4.69, 9.17) is 16.6 Å². The van der Waals surface area contributed by atoms with E-state index in [1.165, 1.54) is 0 Å². The van der Waals surface area contributed by atoms with Crippen molar-refractivity contribution in [3.8, 4) is 0 Å². The van der Waals surface area contributed by atoms with E-state index < -0.39 is 48.7 Å². The zero-order chi connectivity index (χ0) is 18.1. The van der Waals surface area contributed by atoms with Crippen LogP contribution in [-0.2, 0) is 25.6 Å². The van der Waals surface area contributed by atoms with Crippen molar-refractivity contribution in [2.45, 2.75) is 24.9 Å². The highest BCUT2D eigenvalue weighted by molar-refractivity contribution is 5.91. The summed E-state index contributed by atoms with van der Waals surface area (Å²) in [5, 5.41) is 13.3. The molecule has 1 aromatic rings. The van der Waals surface area contributed by atoms with E-state index in [1.807, 2.05) is 30.3 Å². The van der Waals surface area contributed by atoms with Gasteiger partial charge in [0.1, 0.15) is 6.04 Å². The third-order valence-electron chi connectivity index (χ3n) is 3.10. The fourth-order valence-electron chi connectivity index (χ4n) is 1.91. The van der Waals surface area contributed by atoms with E-state index >= 15 is 0 Å². The van der Waals surface area contributed by atoms with Gasteiger partial charge in [-0.2, -0.15) is 0 Å². The van der Waals surface area contributed by atoms with Gasteiger partial charge in [-0.05, 0) is 12.0 Å². The quantitative estimate of drug-likeness (QED) is 0.354. The molecule has 9 heteroatoms. The lowest BCUT2D eigenvalue weighted by atomic mass is 10.1. The summed E-state index contributed by atoms with van der Waals surface area (Å²) in [7, 11) is 0. The van der Waals surface area contributed by atoms with Crippen LogP contribution in [0.3, 0.4) is 0 Å². The molecule has 2 atom stereocenters. The SMILES string of the molecule is NC(=O)CC(NC(=O)CNC(=O)C(N)Cc1ccccc1)C(=O)O. The number of aliphatic carboxylic acids is 1. The molecule has 0 aliphatic heterocycles. The van der Waals surface area contributed by atoms with Gasteiger partial charge in [-0.15, -0.1) is 0 Å². The van der Waals surface area contributed by atoms with Crippen molar-refractivity contribution in [2.24, 2.45) is 11.5 Å². The number of nitrogens with one attached hydrogen (secondary N) is 2. The molecule has 1 rings (SSSR count). The largest absolute Gasteiger partial charge is 0.480 e. The molecule has 0 aliphatic carbocycles. The molecule has 0 fully saturated rings. The molecule has 7 N–H and O–H groups in total. The molecule has 130 valence electrons. The number of rotatable bonds is 9. The Bertz CT molecular complexity index is 605. The van der Waals surface area contributed by atoms with E-state index in [2.05, 4.69) is 10.6 Å². The summed E-state index contributed by atoms with van der Waals surface area (Å²) in [6.07, 6.45) is -0.240. The van der Waals surface area contributed by atoms with Gasteiger partial charge in [0.2, 0.25) is 17.7 Å². The first-order valence-corrected chi connectivity index (χ1v) is 7.17. The van der Waals surface area contributed by atoms with Crippen LogP contribution in [0, 0.1) is 0 Å². The highest BCUT2D eigenvalue weighted by atomic mass is 16.4. The van der Waals surface area contributed by atoms with Crippen molar-refractivity contribution in [1.29, 1.82) is 0 Å². The predicted molar refractivity (Wildman–Crippen MR) is 84.5 cm³/mol. The van der Waals surface area contributed by atoms with Gasteiger partial charge in [0.15, 0.2) is 0 Å². The van der Waals surface area contributed by atoms with Crippen LogP contribution in [-0.4, -0.2) is 47.4 Å². The minimum Gasteiger partial charge on any atom is -0.480 e. The van der Waals surface area contributed by atoms with Gasteiger partial charge >= 0.3 is 5.97 Å². The summed E-state index contributed by atoms with van der Waals surface area (Å²) in [5.41, 5.74) is 11.5. The van der Waals surface area contributed by atoms with Gasteiger partial charge in [-0.1, -0.05) is 30.3 Å². The van der Waals surface area contributed by atoms with Crippen LogP contribution in [0.25, 0.3) is 0 Å². The Balaban J connectivity index is 2.43. The average molecular weight is 336 g/mol. The number of nitrogens with two attached hydrogens (primary N) is 2. The number of carbonyl (C=O) groups is 4. The third kappa shape index (κ3) is 6.88. The Kier molecular flexibility index (Phi) is 7.37. The standard InChI is InChI=1S/C15H20N4O5/c16-10(6-9-4-2-1-3-5-9)14(22)18-8-13(21)19-11(15(23)24)7-12(17)20/h1-5,10-11H,6-8,16H2,(H2,17,20)(H,18,22)(H,19,21)(H,23,24).